The average molecular weight is 392 g/mol. The van der Waals surface area contributed by atoms with Crippen LogP contribution in [0.4, 0.5) is 0 Å². The maximum Gasteiger partial charge on any atom is 0.346 e. The Kier molecular flexibility index (Phi) is 5.56. The van der Waals surface area contributed by atoms with Crippen LogP contribution in [-0.2, 0) is 6.42 Å². The molecule has 0 atom stereocenters. The molecule has 2 nitrogen and oxygen atoms in total. The highest BCUT2D eigenvalue weighted by atomic mass is 28.4. The lowest BCUT2D eigenvalue weighted by Crippen LogP contribution is -2.71. The lowest BCUT2D eigenvalue weighted by molar-refractivity contribution is 0.577. The van der Waals surface area contributed by atoms with E-state index >= 15 is 0 Å². The Morgan fingerprint density at radius 3 is 1.38 bits per heavy atom. The maximum absolute atomic E-state index is 8.95. The Morgan fingerprint density at radius 2 is 1.00 bits per heavy atom. The van der Waals surface area contributed by atoms with E-state index in [9.17, 15) is 0 Å². The summed E-state index contributed by atoms with van der Waals surface area (Å²) in [6, 6.07) is 41.6. The first kappa shape index (κ1) is 18.7. The van der Waals surface area contributed by atoms with Gasteiger partial charge in [0.2, 0.25) is 0 Å². The van der Waals surface area contributed by atoms with Crippen molar-refractivity contribution in [2.24, 2.45) is 0 Å². The van der Waals surface area contributed by atoms with Gasteiger partial charge in [-0.2, -0.15) is 5.26 Å². The Hall–Kier alpha value is -3.61. The topological polar surface area (TPSA) is 33.0 Å². The molecule has 0 aliphatic heterocycles. The number of benzene rings is 4. The third-order valence-corrected chi connectivity index (χ3v) is 9.00. The summed E-state index contributed by atoms with van der Waals surface area (Å²) in [5.41, 5.74) is 0.992. The largest absolute Gasteiger partial charge is 0.530 e. The van der Waals surface area contributed by atoms with Crippen LogP contribution in [-0.4, -0.2) is 8.32 Å². The molecular formula is C26H21NOSi. The molecule has 0 bridgehead atoms. The highest BCUT2D eigenvalue weighted by Gasteiger charge is 2.43. The SMILES string of the molecule is N#CCc1ccc(O[Si](c2ccccc2)(c2ccccc2)c2ccccc2)cc1. The molecule has 0 saturated heterocycles. The second-order valence-corrected chi connectivity index (χ2v) is 10.2. The zero-order chi connectivity index (χ0) is 19.9. The van der Waals surface area contributed by atoms with Gasteiger partial charge in [-0.1, -0.05) is 103 Å². The fraction of sp³-hybridized carbons (Fsp3) is 0.0385. The minimum atomic E-state index is -2.77. The minimum Gasteiger partial charge on any atom is -0.530 e. The molecule has 140 valence electrons. The van der Waals surface area contributed by atoms with Crippen LogP contribution in [0.25, 0.3) is 0 Å². The molecule has 0 heterocycles. The molecule has 0 aliphatic rings. The van der Waals surface area contributed by atoms with Crippen molar-refractivity contribution in [3.8, 4) is 11.8 Å². The van der Waals surface area contributed by atoms with Crippen molar-refractivity contribution in [2.45, 2.75) is 6.42 Å². The highest BCUT2D eigenvalue weighted by molar-refractivity contribution is 7.07. The van der Waals surface area contributed by atoms with Gasteiger partial charge in [-0.3, -0.25) is 0 Å². The molecule has 4 aromatic rings. The van der Waals surface area contributed by atoms with E-state index in [1.807, 2.05) is 42.5 Å². The van der Waals surface area contributed by atoms with Gasteiger partial charge >= 0.3 is 8.32 Å². The molecular weight excluding hydrogens is 370 g/mol. The van der Waals surface area contributed by atoms with E-state index in [2.05, 4.69) is 78.9 Å². The summed E-state index contributed by atoms with van der Waals surface area (Å²) in [5, 5.41) is 12.5. The zero-order valence-electron chi connectivity index (χ0n) is 16.0. The molecule has 0 aliphatic carbocycles. The number of nitrogens with zero attached hydrogens (tertiary/aromatic N) is 1. The van der Waals surface area contributed by atoms with Crippen LogP contribution in [0.5, 0.6) is 5.75 Å². The standard InChI is InChI=1S/C26H21NOSi/c27-21-20-22-16-18-23(19-17-22)28-29(24-10-4-1-5-11-24,25-12-6-2-7-13-25)26-14-8-3-9-15-26/h1-19H,20H2. The summed E-state index contributed by atoms with van der Waals surface area (Å²) < 4.78 is 6.95. The first-order chi connectivity index (χ1) is 14.3. The molecule has 0 fully saturated rings. The third kappa shape index (κ3) is 3.84. The smallest absolute Gasteiger partial charge is 0.346 e. The van der Waals surface area contributed by atoms with Crippen molar-refractivity contribution < 1.29 is 4.43 Å². The van der Waals surface area contributed by atoms with Crippen LogP contribution in [0.3, 0.4) is 0 Å². The van der Waals surface area contributed by atoms with E-state index < -0.39 is 8.32 Å². The van der Waals surface area contributed by atoms with Gasteiger partial charge in [0.1, 0.15) is 5.75 Å². The number of nitriles is 1. The molecule has 0 unspecified atom stereocenters. The van der Waals surface area contributed by atoms with Crippen molar-refractivity contribution in [3.63, 3.8) is 0 Å². The van der Waals surface area contributed by atoms with Crippen LogP contribution in [0.15, 0.2) is 115 Å². The molecule has 0 N–H and O–H groups in total. The van der Waals surface area contributed by atoms with E-state index in [0.717, 1.165) is 11.3 Å². The maximum atomic E-state index is 8.95. The van der Waals surface area contributed by atoms with E-state index in [1.54, 1.807) is 0 Å². The lowest BCUT2D eigenvalue weighted by atomic mass is 10.2. The number of hydrogen-bond acceptors (Lipinski definition) is 2. The highest BCUT2D eigenvalue weighted by Crippen LogP contribution is 2.18. The van der Waals surface area contributed by atoms with E-state index in [0.29, 0.717) is 6.42 Å². The van der Waals surface area contributed by atoms with E-state index in [-0.39, 0.29) is 0 Å². The Labute approximate surface area is 172 Å². The summed E-state index contributed by atoms with van der Waals surface area (Å²) in [6.07, 6.45) is 0.402. The number of hydrogen-bond donors (Lipinski definition) is 0. The van der Waals surface area contributed by atoms with Gasteiger partial charge < -0.3 is 4.43 Å². The molecule has 0 amide bonds. The van der Waals surface area contributed by atoms with Crippen molar-refractivity contribution in [1.82, 2.24) is 0 Å². The quantitative estimate of drug-likeness (QED) is 0.370. The van der Waals surface area contributed by atoms with Crippen molar-refractivity contribution >= 4 is 23.9 Å². The first-order valence-corrected chi connectivity index (χ1v) is 11.6. The molecule has 3 heteroatoms. The van der Waals surface area contributed by atoms with Crippen LogP contribution in [0.2, 0.25) is 0 Å². The zero-order valence-corrected chi connectivity index (χ0v) is 17.0. The fourth-order valence-corrected chi connectivity index (χ4v) is 7.47. The Bertz CT molecular complexity index is 992. The van der Waals surface area contributed by atoms with Crippen LogP contribution >= 0.6 is 0 Å². The van der Waals surface area contributed by atoms with Crippen LogP contribution in [0.1, 0.15) is 5.56 Å². The molecule has 0 aromatic heterocycles. The normalized spacial score (nSPS) is 10.9. The van der Waals surface area contributed by atoms with Gasteiger partial charge in [-0.05, 0) is 33.3 Å². The molecule has 29 heavy (non-hydrogen) atoms. The third-order valence-electron chi connectivity index (χ3n) is 5.02. The lowest BCUT2D eigenvalue weighted by Gasteiger charge is -2.33. The molecule has 0 saturated carbocycles. The summed E-state index contributed by atoms with van der Waals surface area (Å²) in [7, 11) is -2.77. The van der Waals surface area contributed by atoms with Gasteiger partial charge in [0.05, 0.1) is 12.5 Å². The molecule has 0 radical (unpaired) electrons. The molecule has 0 spiro atoms. The monoisotopic (exact) mass is 391 g/mol. The van der Waals surface area contributed by atoms with Gasteiger partial charge in [0.25, 0.3) is 0 Å². The average Bonchev–Trinajstić information content (AvgIpc) is 2.80. The van der Waals surface area contributed by atoms with Crippen molar-refractivity contribution in [2.75, 3.05) is 0 Å². The summed E-state index contributed by atoms with van der Waals surface area (Å²) in [4.78, 5) is 0. The van der Waals surface area contributed by atoms with Gasteiger partial charge in [-0.25, -0.2) is 0 Å². The summed E-state index contributed by atoms with van der Waals surface area (Å²) in [5.74, 6) is 0.815. The van der Waals surface area contributed by atoms with E-state index in [4.69, 9.17) is 9.69 Å². The van der Waals surface area contributed by atoms with Gasteiger partial charge in [0, 0.05) is 0 Å². The van der Waals surface area contributed by atoms with Crippen LogP contribution < -0.4 is 20.0 Å². The van der Waals surface area contributed by atoms with E-state index in [1.165, 1.54) is 15.6 Å². The predicted octanol–water partition coefficient (Wildman–Crippen LogP) is 3.80. The van der Waals surface area contributed by atoms with Gasteiger partial charge in [0.15, 0.2) is 0 Å². The predicted molar refractivity (Wildman–Crippen MR) is 120 cm³/mol. The summed E-state index contributed by atoms with van der Waals surface area (Å²) in [6.45, 7) is 0. The second kappa shape index (κ2) is 8.60. The Balaban J connectivity index is 1.91. The first-order valence-electron chi connectivity index (χ1n) is 9.64. The van der Waals surface area contributed by atoms with Gasteiger partial charge in [-0.15, -0.1) is 0 Å². The number of rotatable bonds is 6. The minimum absolute atomic E-state index is 0.402. The molecule has 4 rings (SSSR count). The van der Waals surface area contributed by atoms with Crippen molar-refractivity contribution in [1.29, 1.82) is 5.26 Å². The second-order valence-electron chi connectivity index (χ2n) is 6.86. The fourth-order valence-electron chi connectivity index (χ4n) is 3.64. The van der Waals surface area contributed by atoms with Crippen LogP contribution in [0, 0.1) is 11.3 Å². The Morgan fingerprint density at radius 1 is 0.586 bits per heavy atom. The summed E-state index contributed by atoms with van der Waals surface area (Å²) >= 11 is 0. The molecule has 4 aromatic carbocycles. The van der Waals surface area contributed by atoms with Crippen molar-refractivity contribution in [3.05, 3.63) is 121 Å².